The maximum absolute atomic E-state index is 5.48. The Morgan fingerprint density at radius 1 is 1.04 bits per heavy atom. The second-order valence-corrected chi connectivity index (χ2v) is 6.19. The van der Waals surface area contributed by atoms with Gasteiger partial charge in [-0.05, 0) is 43.0 Å². The van der Waals surface area contributed by atoms with Crippen LogP contribution in [0.5, 0.6) is 17.2 Å². The molecule has 122 valence electrons. The highest BCUT2D eigenvalue weighted by Gasteiger charge is 2.32. The summed E-state index contributed by atoms with van der Waals surface area (Å²) in [6, 6.07) is 4.05. The molecular formula is C17H20N2O3S. The highest BCUT2D eigenvalue weighted by atomic mass is 32.2. The van der Waals surface area contributed by atoms with Gasteiger partial charge in [-0.15, -0.1) is 0 Å². The lowest BCUT2D eigenvalue weighted by molar-refractivity contribution is 0.322. The first-order chi connectivity index (χ1) is 11.1. The van der Waals surface area contributed by atoms with Crippen LogP contribution in [0.3, 0.4) is 0 Å². The van der Waals surface area contributed by atoms with Crippen molar-refractivity contribution >= 4 is 16.9 Å². The number of rotatable bonds is 4. The summed E-state index contributed by atoms with van der Waals surface area (Å²) < 4.78 is 16.4. The van der Waals surface area contributed by atoms with E-state index in [1.54, 1.807) is 33.1 Å². The number of aliphatic imine (C=N–C) groups is 1. The van der Waals surface area contributed by atoms with E-state index in [9.17, 15) is 0 Å². The van der Waals surface area contributed by atoms with Crippen LogP contribution in [0.2, 0.25) is 0 Å². The number of benzene rings is 1. The Morgan fingerprint density at radius 3 is 2.26 bits per heavy atom. The van der Waals surface area contributed by atoms with Crippen molar-refractivity contribution in [3.63, 3.8) is 0 Å². The minimum atomic E-state index is 0.0578. The minimum Gasteiger partial charge on any atom is -0.493 e. The Bertz CT molecular complexity index is 700. The van der Waals surface area contributed by atoms with Crippen LogP contribution in [0.1, 0.15) is 25.5 Å². The van der Waals surface area contributed by atoms with Gasteiger partial charge in [0.1, 0.15) is 0 Å². The smallest absolute Gasteiger partial charge is 0.203 e. The van der Waals surface area contributed by atoms with Crippen molar-refractivity contribution in [3.05, 3.63) is 40.6 Å². The summed E-state index contributed by atoms with van der Waals surface area (Å²) in [6.45, 7) is 4.11. The van der Waals surface area contributed by atoms with E-state index in [4.69, 9.17) is 14.2 Å². The first-order valence-electron chi connectivity index (χ1n) is 7.28. The molecule has 6 heteroatoms. The van der Waals surface area contributed by atoms with Crippen molar-refractivity contribution < 1.29 is 14.2 Å². The summed E-state index contributed by atoms with van der Waals surface area (Å²) >= 11 is 1.65. The first kappa shape index (κ1) is 15.8. The number of hydrogen-bond acceptors (Lipinski definition) is 6. The van der Waals surface area contributed by atoms with E-state index in [1.807, 2.05) is 19.1 Å². The molecule has 2 heterocycles. The summed E-state index contributed by atoms with van der Waals surface area (Å²) in [5.74, 6) is 1.92. The molecule has 5 nitrogen and oxygen atoms in total. The fourth-order valence-electron chi connectivity index (χ4n) is 2.83. The Labute approximate surface area is 140 Å². The molecule has 0 amide bonds. The summed E-state index contributed by atoms with van der Waals surface area (Å²) in [4.78, 5) is 6.84. The lowest BCUT2D eigenvalue weighted by Crippen LogP contribution is -2.30. The van der Waals surface area contributed by atoms with Crippen molar-refractivity contribution in [2.24, 2.45) is 4.99 Å². The summed E-state index contributed by atoms with van der Waals surface area (Å²) in [5, 5.41) is 3.12. The molecule has 0 fully saturated rings. The molecular weight excluding hydrogens is 312 g/mol. The first-order valence-corrected chi connectivity index (χ1v) is 8.16. The van der Waals surface area contributed by atoms with E-state index in [0.717, 1.165) is 16.4 Å². The summed E-state index contributed by atoms with van der Waals surface area (Å²) in [7, 11) is 4.87. The molecule has 1 atom stereocenters. The maximum atomic E-state index is 5.48. The molecule has 0 N–H and O–H groups in total. The molecule has 23 heavy (non-hydrogen) atoms. The monoisotopic (exact) mass is 332 g/mol. The molecule has 2 aliphatic heterocycles. The lowest BCUT2D eigenvalue weighted by atomic mass is 10.0. The third kappa shape index (κ3) is 2.67. The van der Waals surface area contributed by atoms with Crippen LogP contribution in [0.15, 0.2) is 40.0 Å². The molecule has 1 aromatic rings. The number of amidine groups is 1. The van der Waals surface area contributed by atoms with Crippen LogP contribution in [-0.4, -0.2) is 31.4 Å². The van der Waals surface area contributed by atoms with Gasteiger partial charge in [0.15, 0.2) is 16.7 Å². The topological polar surface area (TPSA) is 43.3 Å². The van der Waals surface area contributed by atoms with Gasteiger partial charge in [0.25, 0.3) is 0 Å². The normalized spacial score (nSPS) is 19.6. The van der Waals surface area contributed by atoms with Crippen LogP contribution in [0.4, 0.5) is 0 Å². The van der Waals surface area contributed by atoms with Crippen molar-refractivity contribution in [2.75, 3.05) is 21.3 Å². The average Bonchev–Trinajstić information content (AvgIpc) is 2.93. The second-order valence-electron chi connectivity index (χ2n) is 5.35. The number of nitrogens with zero attached hydrogens (tertiary/aromatic N) is 2. The third-order valence-electron chi connectivity index (χ3n) is 3.90. The highest BCUT2D eigenvalue weighted by Crippen LogP contribution is 2.44. The number of allylic oxidation sites excluding steroid dienone is 2. The van der Waals surface area contributed by atoms with E-state index in [1.165, 1.54) is 5.70 Å². The molecule has 1 unspecified atom stereocenters. The molecule has 0 aromatic heterocycles. The average molecular weight is 332 g/mol. The zero-order valence-electron chi connectivity index (χ0n) is 13.9. The van der Waals surface area contributed by atoms with Gasteiger partial charge >= 0.3 is 0 Å². The third-order valence-corrected chi connectivity index (χ3v) is 4.86. The summed E-state index contributed by atoms with van der Waals surface area (Å²) in [5.41, 5.74) is 3.25. The molecule has 0 saturated carbocycles. The van der Waals surface area contributed by atoms with Gasteiger partial charge < -0.3 is 19.1 Å². The van der Waals surface area contributed by atoms with Gasteiger partial charge in [-0.25, -0.2) is 4.99 Å². The van der Waals surface area contributed by atoms with Crippen LogP contribution in [0.25, 0.3) is 0 Å². The van der Waals surface area contributed by atoms with Gasteiger partial charge in [-0.2, -0.15) is 0 Å². The van der Waals surface area contributed by atoms with Gasteiger partial charge in [-0.3, -0.25) is 0 Å². The largest absolute Gasteiger partial charge is 0.493 e. The van der Waals surface area contributed by atoms with Crippen molar-refractivity contribution in [1.82, 2.24) is 4.90 Å². The second kappa shape index (κ2) is 6.20. The fourth-order valence-corrected chi connectivity index (χ4v) is 3.79. The van der Waals surface area contributed by atoms with E-state index < -0.39 is 0 Å². The Morgan fingerprint density at radius 2 is 1.70 bits per heavy atom. The SMILES string of the molecule is COc1cc(C2C=C(C)N=C3SC=C(C)N32)cc(OC)c1OC. The molecule has 3 rings (SSSR count). The number of methoxy groups -OCH3 is 3. The van der Waals surface area contributed by atoms with Crippen LogP contribution < -0.4 is 14.2 Å². The Kier molecular flexibility index (Phi) is 4.26. The van der Waals surface area contributed by atoms with E-state index in [-0.39, 0.29) is 6.04 Å². The molecule has 0 spiro atoms. The molecule has 0 aliphatic carbocycles. The number of fused-ring (bicyclic) bond motifs is 1. The highest BCUT2D eigenvalue weighted by molar-refractivity contribution is 8.16. The van der Waals surface area contributed by atoms with Gasteiger partial charge in [0, 0.05) is 11.4 Å². The van der Waals surface area contributed by atoms with Crippen molar-refractivity contribution in [2.45, 2.75) is 19.9 Å². The van der Waals surface area contributed by atoms with Crippen LogP contribution in [0, 0.1) is 0 Å². The number of thioether (sulfide) groups is 1. The van der Waals surface area contributed by atoms with Gasteiger partial charge in [-0.1, -0.05) is 11.8 Å². The zero-order chi connectivity index (χ0) is 16.6. The number of hydrogen-bond donors (Lipinski definition) is 0. The fraction of sp³-hybridized carbons (Fsp3) is 0.353. The maximum Gasteiger partial charge on any atom is 0.203 e. The van der Waals surface area contributed by atoms with Crippen LogP contribution in [-0.2, 0) is 0 Å². The summed E-state index contributed by atoms with van der Waals surface area (Å²) in [6.07, 6.45) is 2.15. The quantitative estimate of drug-likeness (QED) is 0.835. The standard InChI is InChI=1S/C17H20N2O3S/c1-10-6-13(19-11(2)9-23-17(19)18-10)12-7-14(20-3)16(22-5)15(8-12)21-4/h6-9,13H,1-5H3. The molecule has 0 saturated heterocycles. The lowest BCUT2D eigenvalue weighted by Gasteiger charge is -2.32. The Balaban J connectivity index is 2.10. The Hall–Kier alpha value is -2.08. The van der Waals surface area contributed by atoms with Crippen LogP contribution >= 0.6 is 11.8 Å². The van der Waals surface area contributed by atoms with Crippen molar-refractivity contribution in [3.8, 4) is 17.2 Å². The molecule has 0 radical (unpaired) electrons. The van der Waals surface area contributed by atoms with Gasteiger partial charge in [0.2, 0.25) is 5.75 Å². The molecule has 0 bridgehead atoms. The predicted octanol–water partition coefficient (Wildman–Crippen LogP) is 3.94. The zero-order valence-corrected chi connectivity index (χ0v) is 14.7. The van der Waals surface area contributed by atoms with E-state index in [0.29, 0.717) is 17.2 Å². The van der Waals surface area contributed by atoms with Gasteiger partial charge in [0.05, 0.1) is 27.4 Å². The van der Waals surface area contributed by atoms with E-state index >= 15 is 0 Å². The molecule has 1 aromatic carbocycles. The predicted molar refractivity (Wildman–Crippen MR) is 93.2 cm³/mol. The minimum absolute atomic E-state index is 0.0578. The van der Waals surface area contributed by atoms with Crippen molar-refractivity contribution in [1.29, 1.82) is 0 Å². The van der Waals surface area contributed by atoms with E-state index in [2.05, 4.69) is 28.3 Å². The number of ether oxygens (including phenoxy) is 3. The molecule has 2 aliphatic rings.